The molecule has 1 saturated heterocycles. The minimum absolute atomic E-state index is 0.345. The van der Waals surface area contributed by atoms with Gasteiger partial charge in [-0.3, -0.25) is 0 Å². The molecule has 4 N–H and O–H groups in total. The van der Waals surface area contributed by atoms with Crippen LogP contribution in [0.3, 0.4) is 0 Å². The number of rotatable bonds is 7. The predicted octanol–water partition coefficient (Wildman–Crippen LogP) is 3.63. The first-order valence-corrected chi connectivity index (χ1v) is 10.3. The van der Waals surface area contributed by atoms with Crippen molar-refractivity contribution in [1.29, 1.82) is 0 Å². The number of benzene rings is 1. The fourth-order valence-corrected chi connectivity index (χ4v) is 3.26. The highest BCUT2D eigenvalue weighted by molar-refractivity contribution is 6.30. The molecule has 0 atom stereocenters. The van der Waals surface area contributed by atoms with Gasteiger partial charge in [-0.1, -0.05) is 17.2 Å². The summed E-state index contributed by atoms with van der Waals surface area (Å²) < 4.78 is 11.6. The fraction of sp³-hybridized carbons (Fsp3) is 0.364. The van der Waals surface area contributed by atoms with Crippen molar-refractivity contribution in [3.8, 4) is 11.5 Å². The molecule has 0 radical (unpaired) electrons. The summed E-state index contributed by atoms with van der Waals surface area (Å²) >= 11 is 6.22. The molecule has 1 aliphatic heterocycles. The average Bonchev–Trinajstić information content (AvgIpc) is 2.72. The Balaban J connectivity index is 1.89. The molecule has 160 valence electrons. The lowest BCUT2D eigenvalue weighted by atomic mass is 10.2. The molecule has 8 heteroatoms. The quantitative estimate of drug-likeness (QED) is 0.515. The zero-order valence-electron chi connectivity index (χ0n) is 17.4. The van der Waals surface area contributed by atoms with Crippen LogP contribution in [0.4, 0.5) is 5.82 Å². The molecule has 0 saturated carbocycles. The predicted molar refractivity (Wildman–Crippen MR) is 122 cm³/mol. The highest BCUT2D eigenvalue weighted by Crippen LogP contribution is 2.31. The number of hydrogen-bond acceptors (Lipinski definition) is 6. The van der Waals surface area contributed by atoms with Crippen molar-refractivity contribution in [2.24, 2.45) is 16.5 Å². The van der Waals surface area contributed by atoms with E-state index in [-0.39, 0.29) is 0 Å². The summed E-state index contributed by atoms with van der Waals surface area (Å²) in [5.74, 6) is 2.40. The van der Waals surface area contributed by atoms with Gasteiger partial charge in [-0.2, -0.15) is 0 Å². The molecule has 0 bridgehead atoms. The van der Waals surface area contributed by atoms with E-state index in [9.17, 15) is 0 Å². The van der Waals surface area contributed by atoms with E-state index in [1.54, 1.807) is 24.4 Å². The first-order valence-electron chi connectivity index (χ1n) is 9.94. The molecule has 1 aliphatic rings. The molecule has 2 heterocycles. The van der Waals surface area contributed by atoms with Gasteiger partial charge in [0.15, 0.2) is 0 Å². The number of anilines is 1. The molecule has 0 unspecified atom stereocenters. The summed E-state index contributed by atoms with van der Waals surface area (Å²) in [5, 5.41) is 0.551. The molecule has 30 heavy (non-hydrogen) atoms. The van der Waals surface area contributed by atoms with Gasteiger partial charge in [0.25, 0.3) is 0 Å². The molecule has 1 aromatic heterocycles. The molecular formula is C22H28ClN5O2. The summed E-state index contributed by atoms with van der Waals surface area (Å²) in [6, 6.07) is 9.11. The lowest BCUT2D eigenvalue weighted by Crippen LogP contribution is -2.36. The Bertz CT molecular complexity index is 939. The van der Waals surface area contributed by atoms with Gasteiger partial charge < -0.3 is 25.8 Å². The molecular weight excluding hydrogens is 402 g/mol. The third-order valence-electron chi connectivity index (χ3n) is 4.66. The van der Waals surface area contributed by atoms with Crippen molar-refractivity contribution in [3.05, 3.63) is 58.4 Å². The number of pyridine rings is 1. The van der Waals surface area contributed by atoms with Crippen LogP contribution in [-0.4, -0.2) is 43.7 Å². The zero-order chi connectivity index (χ0) is 21.5. The van der Waals surface area contributed by atoms with Gasteiger partial charge in [0.1, 0.15) is 23.2 Å². The number of aliphatic imine (C=N–C) groups is 1. The number of halogens is 1. The Morgan fingerprint density at radius 3 is 2.80 bits per heavy atom. The Morgan fingerprint density at radius 2 is 2.07 bits per heavy atom. The lowest BCUT2D eigenvalue weighted by Gasteiger charge is -2.28. The average molecular weight is 430 g/mol. The van der Waals surface area contributed by atoms with Gasteiger partial charge in [0.05, 0.1) is 18.8 Å². The van der Waals surface area contributed by atoms with Crippen LogP contribution in [0, 0.1) is 6.92 Å². The van der Waals surface area contributed by atoms with Crippen LogP contribution in [0.5, 0.6) is 11.5 Å². The molecule has 1 aromatic carbocycles. The van der Waals surface area contributed by atoms with E-state index >= 15 is 0 Å². The zero-order valence-corrected chi connectivity index (χ0v) is 18.2. The van der Waals surface area contributed by atoms with Crippen LogP contribution < -0.4 is 21.1 Å². The van der Waals surface area contributed by atoms with Gasteiger partial charge in [-0.15, -0.1) is 0 Å². The van der Waals surface area contributed by atoms with E-state index in [0.717, 1.165) is 36.6 Å². The maximum absolute atomic E-state index is 6.24. The first kappa shape index (κ1) is 22.1. The van der Waals surface area contributed by atoms with E-state index < -0.39 is 0 Å². The molecule has 0 amide bonds. The van der Waals surface area contributed by atoms with Crippen LogP contribution in [0.15, 0.2) is 47.1 Å². The maximum atomic E-state index is 6.24. The van der Waals surface area contributed by atoms with E-state index in [0.29, 0.717) is 47.7 Å². The monoisotopic (exact) mass is 429 g/mol. The number of nitrogens with zero attached hydrogens (tertiary/aromatic N) is 3. The summed E-state index contributed by atoms with van der Waals surface area (Å²) in [6.07, 6.45) is 2.50. The second kappa shape index (κ2) is 10.4. The van der Waals surface area contributed by atoms with Crippen molar-refractivity contribution in [3.63, 3.8) is 0 Å². The second-order valence-electron chi connectivity index (χ2n) is 7.17. The summed E-state index contributed by atoms with van der Waals surface area (Å²) in [5.41, 5.74) is 14.4. The number of aromatic nitrogens is 1. The van der Waals surface area contributed by atoms with Crippen molar-refractivity contribution in [2.45, 2.75) is 20.3 Å². The Labute approximate surface area is 182 Å². The summed E-state index contributed by atoms with van der Waals surface area (Å²) in [7, 11) is 0. The number of amidine groups is 1. The Hall–Kier alpha value is -2.61. The maximum Gasteiger partial charge on any atom is 0.139 e. The van der Waals surface area contributed by atoms with Gasteiger partial charge in [-0.25, -0.2) is 9.98 Å². The highest BCUT2D eigenvalue weighted by Gasteiger charge is 2.15. The molecule has 7 nitrogen and oxygen atoms in total. The topological polar surface area (TPSA) is 99.0 Å². The van der Waals surface area contributed by atoms with Gasteiger partial charge in [0.2, 0.25) is 0 Å². The van der Waals surface area contributed by atoms with Crippen LogP contribution in [-0.2, 0) is 4.74 Å². The molecule has 0 aliphatic carbocycles. The van der Waals surface area contributed by atoms with Crippen LogP contribution in [0.1, 0.15) is 24.6 Å². The summed E-state index contributed by atoms with van der Waals surface area (Å²) in [6.45, 7) is 7.45. The standard InChI is InChI=1S/C22H28ClN5O2/c1-15(5-6-24)14-26-22(25)19-4-3-17(23)12-20(19)30-18-11-16(2)27-21(13-18)28-7-9-29-10-8-28/h3-4,11-14H,5-10,24H2,1-2H3,(H2,25,26)/b15-14+. The van der Waals surface area contributed by atoms with E-state index in [1.165, 1.54) is 0 Å². The first-order chi connectivity index (χ1) is 14.5. The van der Waals surface area contributed by atoms with Gasteiger partial charge in [0, 0.05) is 48.2 Å². The van der Waals surface area contributed by atoms with Crippen molar-refractivity contribution < 1.29 is 9.47 Å². The van der Waals surface area contributed by atoms with Crippen molar-refractivity contribution >= 4 is 23.3 Å². The largest absolute Gasteiger partial charge is 0.456 e. The fourth-order valence-electron chi connectivity index (χ4n) is 3.09. The highest BCUT2D eigenvalue weighted by atomic mass is 35.5. The molecule has 3 rings (SSSR count). The second-order valence-corrected chi connectivity index (χ2v) is 7.61. The number of aryl methyl sites for hydroxylation is 1. The lowest BCUT2D eigenvalue weighted by molar-refractivity contribution is 0.122. The minimum Gasteiger partial charge on any atom is -0.456 e. The molecule has 2 aromatic rings. The third-order valence-corrected chi connectivity index (χ3v) is 4.89. The number of nitrogens with two attached hydrogens (primary N) is 2. The van der Waals surface area contributed by atoms with Crippen LogP contribution in [0.25, 0.3) is 0 Å². The van der Waals surface area contributed by atoms with E-state index in [4.69, 9.17) is 32.5 Å². The van der Waals surface area contributed by atoms with Gasteiger partial charge >= 0.3 is 0 Å². The third kappa shape index (κ3) is 5.95. The Kier molecular flexibility index (Phi) is 7.68. The van der Waals surface area contributed by atoms with Crippen LogP contribution in [0.2, 0.25) is 5.02 Å². The smallest absolute Gasteiger partial charge is 0.139 e. The van der Waals surface area contributed by atoms with Gasteiger partial charge in [-0.05, 0) is 38.9 Å². The SMILES string of the molecule is C/C(=C\N=C(N)c1ccc(Cl)cc1Oc1cc(C)nc(N2CCOCC2)c1)CCN. The Morgan fingerprint density at radius 1 is 1.30 bits per heavy atom. The molecule has 0 spiro atoms. The minimum atomic E-state index is 0.345. The van der Waals surface area contributed by atoms with Crippen LogP contribution >= 0.6 is 11.6 Å². The number of ether oxygens (including phenoxy) is 2. The summed E-state index contributed by atoms with van der Waals surface area (Å²) in [4.78, 5) is 11.2. The number of morpholine rings is 1. The normalized spacial score (nSPS) is 15.4. The number of hydrogen-bond donors (Lipinski definition) is 2. The molecule has 1 fully saturated rings. The van der Waals surface area contributed by atoms with E-state index in [1.807, 2.05) is 26.0 Å². The van der Waals surface area contributed by atoms with E-state index in [2.05, 4.69) is 14.9 Å². The van der Waals surface area contributed by atoms with Crippen molar-refractivity contribution in [1.82, 2.24) is 4.98 Å². The van der Waals surface area contributed by atoms with Crippen molar-refractivity contribution in [2.75, 3.05) is 37.7 Å².